The molecule has 5 rings (SSSR count). The summed E-state index contributed by atoms with van der Waals surface area (Å²) in [5.74, 6) is 1.53. The molecule has 32 heavy (non-hydrogen) atoms. The number of anilines is 1. The SMILES string of the molecule is O=C(CSc1nc2ccccc2cc1Cc1ccccc1)Nc1ccc2c(c1)OCCO2. The van der Waals surface area contributed by atoms with E-state index in [1.807, 2.05) is 48.5 Å². The van der Waals surface area contributed by atoms with Crippen LogP contribution in [0.3, 0.4) is 0 Å². The largest absolute Gasteiger partial charge is 0.486 e. The van der Waals surface area contributed by atoms with Crippen LogP contribution in [0, 0.1) is 0 Å². The molecule has 0 aliphatic carbocycles. The molecule has 0 saturated carbocycles. The fourth-order valence-electron chi connectivity index (χ4n) is 3.66. The number of hydrogen-bond acceptors (Lipinski definition) is 5. The van der Waals surface area contributed by atoms with Gasteiger partial charge in [0.15, 0.2) is 11.5 Å². The maximum absolute atomic E-state index is 12.7. The van der Waals surface area contributed by atoms with E-state index in [-0.39, 0.29) is 11.7 Å². The zero-order valence-electron chi connectivity index (χ0n) is 17.4. The Balaban J connectivity index is 1.32. The lowest BCUT2D eigenvalue weighted by Crippen LogP contribution is -2.17. The van der Waals surface area contributed by atoms with Crippen molar-refractivity contribution in [3.63, 3.8) is 0 Å². The van der Waals surface area contributed by atoms with E-state index in [1.165, 1.54) is 17.3 Å². The number of rotatable bonds is 6. The van der Waals surface area contributed by atoms with Crippen LogP contribution in [-0.2, 0) is 11.2 Å². The van der Waals surface area contributed by atoms with E-state index >= 15 is 0 Å². The standard InChI is InChI=1S/C26H22N2O3S/c29-25(27-21-10-11-23-24(16-21)31-13-12-30-23)17-32-26-20(14-18-6-2-1-3-7-18)15-19-8-4-5-9-22(19)28-26/h1-11,15-16H,12-14,17H2,(H,27,29). The molecule has 4 aromatic rings. The van der Waals surface area contributed by atoms with Crippen molar-refractivity contribution < 1.29 is 14.3 Å². The number of benzene rings is 3. The maximum Gasteiger partial charge on any atom is 0.234 e. The van der Waals surface area contributed by atoms with Gasteiger partial charge in [-0.2, -0.15) is 0 Å². The smallest absolute Gasteiger partial charge is 0.234 e. The van der Waals surface area contributed by atoms with Crippen LogP contribution in [0.2, 0.25) is 0 Å². The highest BCUT2D eigenvalue weighted by molar-refractivity contribution is 8.00. The van der Waals surface area contributed by atoms with E-state index < -0.39 is 0 Å². The average molecular weight is 443 g/mol. The Morgan fingerprint density at radius 1 is 0.906 bits per heavy atom. The maximum atomic E-state index is 12.7. The number of carbonyl (C=O) groups excluding carboxylic acids is 1. The van der Waals surface area contributed by atoms with Gasteiger partial charge in [-0.15, -0.1) is 0 Å². The second-order valence-electron chi connectivity index (χ2n) is 7.50. The summed E-state index contributed by atoms with van der Waals surface area (Å²) < 4.78 is 11.1. The number of para-hydroxylation sites is 1. The van der Waals surface area contributed by atoms with Gasteiger partial charge >= 0.3 is 0 Å². The molecule has 1 aromatic heterocycles. The fourth-order valence-corrected chi connectivity index (χ4v) is 4.48. The van der Waals surface area contributed by atoms with Crippen LogP contribution in [0.5, 0.6) is 11.5 Å². The average Bonchev–Trinajstić information content (AvgIpc) is 2.83. The number of carbonyl (C=O) groups is 1. The predicted molar refractivity (Wildman–Crippen MR) is 128 cm³/mol. The van der Waals surface area contributed by atoms with Crippen molar-refractivity contribution in [1.29, 1.82) is 0 Å². The number of hydrogen-bond donors (Lipinski definition) is 1. The van der Waals surface area contributed by atoms with Crippen LogP contribution in [0.1, 0.15) is 11.1 Å². The van der Waals surface area contributed by atoms with Crippen molar-refractivity contribution in [3.8, 4) is 11.5 Å². The quantitative estimate of drug-likeness (QED) is 0.409. The number of fused-ring (bicyclic) bond motifs is 2. The number of nitrogens with zero attached hydrogens (tertiary/aromatic N) is 1. The third-order valence-corrected chi connectivity index (χ3v) is 6.20. The molecule has 0 unspecified atom stereocenters. The van der Waals surface area contributed by atoms with Crippen molar-refractivity contribution in [2.45, 2.75) is 11.4 Å². The Bertz CT molecular complexity index is 1260. The van der Waals surface area contributed by atoms with Crippen molar-refractivity contribution >= 4 is 34.3 Å². The normalized spacial score (nSPS) is 12.5. The van der Waals surface area contributed by atoms with Crippen LogP contribution < -0.4 is 14.8 Å². The first kappa shape index (κ1) is 20.4. The van der Waals surface area contributed by atoms with E-state index in [4.69, 9.17) is 14.5 Å². The first-order chi connectivity index (χ1) is 15.7. The van der Waals surface area contributed by atoms with E-state index in [2.05, 4.69) is 29.6 Å². The van der Waals surface area contributed by atoms with Gasteiger partial charge in [-0.25, -0.2) is 4.98 Å². The topological polar surface area (TPSA) is 60.5 Å². The second kappa shape index (κ2) is 9.32. The van der Waals surface area contributed by atoms with E-state index in [9.17, 15) is 4.79 Å². The Labute approximate surface area is 190 Å². The summed E-state index contributed by atoms with van der Waals surface area (Å²) in [6.45, 7) is 1.05. The Hall–Kier alpha value is -3.51. The molecule has 160 valence electrons. The van der Waals surface area contributed by atoms with Gasteiger partial charge in [0.2, 0.25) is 5.91 Å². The summed E-state index contributed by atoms with van der Waals surface area (Å²) in [6.07, 6.45) is 0.769. The third-order valence-electron chi connectivity index (χ3n) is 5.17. The molecule has 0 bridgehead atoms. The fraction of sp³-hybridized carbons (Fsp3) is 0.154. The minimum absolute atomic E-state index is 0.0905. The van der Waals surface area contributed by atoms with Gasteiger partial charge in [-0.05, 0) is 35.4 Å². The van der Waals surface area contributed by atoms with Crippen molar-refractivity contribution in [3.05, 3.63) is 90.0 Å². The first-order valence-electron chi connectivity index (χ1n) is 10.5. The summed E-state index contributed by atoms with van der Waals surface area (Å²) in [6, 6.07) is 26.0. The van der Waals surface area contributed by atoms with Crippen molar-refractivity contribution in [2.24, 2.45) is 0 Å². The molecule has 5 nitrogen and oxygen atoms in total. The number of pyridine rings is 1. The number of aromatic nitrogens is 1. The zero-order chi connectivity index (χ0) is 21.8. The lowest BCUT2D eigenvalue weighted by Gasteiger charge is -2.19. The number of nitrogens with one attached hydrogen (secondary N) is 1. The first-order valence-corrected chi connectivity index (χ1v) is 11.5. The van der Waals surface area contributed by atoms with Gasteiger partial charge in [0.25, 0.3) is 0 Å². The highest BCUT2D eigenvalue weighted by atomic mass is 32.2. The van der Waals surface area contributed by atoms with Crippen molar-refractivity contribution in [2.75, 3.05) is 24.3 Å². The zero-order valence-corrected chi connectivity index (χ0v) is 18.2. The van der Waals surface area contributed by atoms with Gasteiger partial charge in [0, 0.05) is 23.6 Å². The molecule has 2 heterocycles. The van der Waals surface area contributed by atoms with Crippen LogP contribution in [0.25, 0.3) is 10.9 Å². The molecule has 0 radical (unpaired) electrons. The monoisotopic (exact) mass is 442 g/mol. The number of amides is 1. The van der Waals surface area contributed by atoms with Gasteiger partial charge in [-0.1, -0.05) is 60.3 Å². The highest BCUT2D eigenvalue weighted by Crippen LogP contribution is 2.33. The molecule has 0 spiro atoms. The molecule has 0 atom stereocenters. The molecular weight excluding hydrogens is 420 g/mol. The van der Waals surface area contributed by atoms with Gasteiger partial charge in [0.05, 0.1) is 11.3 Å². The second-order valence-corrected chi connectivity index (χ2v) is 8.47. The van der Waals surface area contributed by atoms with Gasteiger partial charge in [-0.3, -0.25) is 4.79 Å². The molecule has 1 aliphatic heterocycles. The van der Waals surface area contributed by atoms with Crippen LogP contribution in [0.15, 0.2) is 83.9 Å². The summed E-state index contributed by atoms with van der Waals surface area (Å²) >= 11 is 1.46. The summed E-state index contributed by atoms with van der Waals surface area (Å²) in [4.78, 5) is 17.5. The van der Waals surface area contributed by atoms with E-state index in [0.29, 0.717) is 30.4 Å². The molecule has 3 aromatic carbocycles. The molecule has 1 N–H and O–H groups in total. The molecular formula is C26H22N2O3S. The van der Waals surface area contributed by atoms with Crippen LogP contribution in [0.4, 0.5) is 5.69 Å². The minimum Gasteiger partial charge on any atom is -0.486 e. The minimum atomic E-state index is -0.0905. The summed E-state index contributed by atoms with van der Waals surface area (Å²) in [7, 11) is 0. The molecule has 1 aliphatic rings. The Morgan fingerprint density at radius 3 is 2.56 bits per heavy atom. The predicted octanol–water partition coefficient (Wildman–Crippen LogP) is 5.33. The van der Waals surface area contributed by atoms with Gasteiger partial charge in [0.1, 0.15) is 18.2 Å². The van der Waals surface area contributed by atoms with Crippen LogP contribution >= 0.6 is 11.8 Å². The lowest BCUT2D eigenvalue weighted by atomic mass is 10.0. The number of thioether (sulfide) groups is 1. The molecule has 0 fully saturated rings. The molecule has 6 heteroatoms. The Kier molecular flexibility index (Phi) is 5.94. The molecule has 1 amide bonds. The summed E-state index contributed by atoms with van der Waals surface area (Å²) in [5, 5.41) is 4.93. The molecule has 0 saturated heterocycles. The van der Waals surface area contributed by atoms with Crippen molar-refractivity contribution in [1.82, 2.24) is 4.98 Å². The van der Waals surface area contributed by atoms with Gasteiger partial charge < -0.3 is 14.8 Å². The third kappa shape index (κ3) is 4.70. The lowest BCUT2D eigenvalue weighted by molar-refractivity contribution is -0.113. The van der Waals surface area contributed by atoms with Crippen LogP contribution in [-0.4, -0.2) is 29.9 Å². The van der Waals surface area contributed by atoms with E-state index in [1.54, 1.807) is 6.07 Å². The van der Waals surface area contributed by atoms with E-state index in [0.717, 1.165) is 27.9 Å². The Morgan fingerprint density at radius 2 is 1.69 bits per heavy atom. The highest BCUT2D eigenvalue weighted by Gasteiger charge is 2.14. The summed E-state index contributed by atoms with van der Waals surface area (Å²) in [5.41, 5.74) is 3.95. The number of ether oxygens (including phenoxy) is 2.